The lowest BCUT2D eigenvalue weighted by molar-refractivity contribution is -0.127. The van der Waals surface area contributed by atoms with Crippen LogP contribution in [0, 0.1) is 0 Å². The third-order valence-electron chi connectivity index (χ3n) is 1.58. The molecule has 70 valence electrons. The zero-order chi connectivity index (χ0) is 9.56. The van der Waals surface area contributed by atoms with Gasteiger partial charge in [0.1, 0.15) is 6.04 Å². The largest absolute Gasteiger partial charge is 0.368 e. The van der Waals surface area contributed by atoms with Crippen LogP contribution >= 0.6 is 0 Å². The van der Waals surface area contributed by atoms with Crippen molar-refractivity contribution >= 4 is 11.8 Å². The summed E-state index contributed by atoms with van der Waals surface area (Å²) in [6.07, 6.45) is 1.83. The quantitative estimate of drug-likeness (QED) is 0.620. The highest BCUT2D eigenvalue weighted by Crippen LogP contribution is 1.95. The lowest BCUT2D eigenvalue weighted by Crippen LogP contribution is -2.44. The van der Waals surface area contributed by atoms with Crippen LogP contribution in [0.5, 0.6) is 0 Å². The Kier molecular flexibility index (Phi) is 5.08. The zero-order valence-corrected chi connectivity index (χ0v) is 7.59. The van der Waals surface area contributed by atoms with Crippen LogP contribution in [0.1, 0.15) is 33.1 Å². The van der Waals surface area contributed by atoms with Crippen molar-refractivity contribution in [3.63, 3.8) is 0 Å². The number of carbonyl (C=O) groups excluding carboxylic acids is 2. The van der Waals surface area contributed by atoms with Crippen molar-refractivity contribution in [1.29, 1.82) is 0 Å². The standard InChI is InChI=1S/C8H16N2O2/c1-3-5-6(8(9)12)10-7(11)4-2/h6H,3-5H2,1-2H3,(H2,9,12)(H,10,11). The van der Waals surface area contributed by atoms with E-state index in [1.165, 1.54) is 0 Å². The summed E-state index contributed by atoms with van der Waals surface area (Å²) in [7, 11) is 0. The molecule has 0 aliphatic carbocycles. The molecule has 0 aromatic carbocycles. The van der Waals surface area contributed by atoms with Gasteiger partial charge in [0.25, 0.3) is 0 Å². The van der Waals surface area contributed by atoms with Gasteiger partial charge in [-0.25, -0.2) is 0 Å². The maximum atomic E-state index is 10.9. The Bertz CT molecular complexity index is 166. The second kappa shape index (κ2) is 5.57. The summed E-state index contributed by atoms with van der Waals surface area (Å²) in [5, 5.41) is 2.55. The van der Waals surface area contributed by atoms with Gasteiger partial charge in [-0.05, 0) is 6.42 Å². The first kappa shape index (κ1) is 10.9. The smallest absolute Gasteiger partial charge is 0.239 e. The van der Waals surface area contributed by atoms with Gasteiger partial charge < -0.3 is 11.1 Å². The van der Waals surface area contributed by atoms with E-state index < -0.39 is 11.9 Å². The highest BCUT2D eigenvalue weighted by Gasteiger charge is 2.15. The van der Waals surface area contributed by atoms with Crippen LogP contribution in [0.4, 0.5) is 0 Å². The fourth-order valence-corrected chi connectivity index (χ4v) is 0.871. The number of primary amides is 1. The summed E-state index contributed by atoms with van der Waals surface area (Å²) >= 11 is 0. The predicted octanol–water partition coefficient (Wildman–Crippen LogP) is 0.167. The molecule has 0 radical (unpaired) electrons. The summed E-state index contributed by atoms with van der Waals surface area (Å²) in [6.45, 7) is 3.67. The van der Waals surface area contributed by atoms with Gasteiger partial charge in [-0.2, -0.15) is 0 Å². The topological polar surface area (TPSA) is 72.2 Å². The van der Waals surface area contributed by atoms with E-state index >= 15 is 0 Å². The highest BCUT2D eigenvalue weighted by molar-refractivity contribution is 5.86. The van der Waals surface area contributed by atoms with Gasteiger partial charge in [-0.15, -0.1) is 0 Å². The molecular weight excluding hydrogens is 156 g/mol. The van der Waals surface area contributed by atoms with E-state index in [9.17, 15) is 9.59 Å². The summed E-state index contributed by atoms with van der Waals surface area (Å²) in [4.78, 5) is 21.6. The molecule has 1 unspecified atom stereocenters. The van der Waals surface area contributed by atoms with Crippen LogP contribution in [-0.4, -0.2) is 17.9 Å². The Balaban J connectivity index is 3.95. The van der Waals surface area contributed by atoms with Gasteiger partial charge >= 0.3 is 0 Å². The fraction of sp³-hybridized carbons (Fsp3) is 0.750. The van der Waals surface area contributed by atoms with Crippen molar-refractivity contribution in [1.82, 2.24) is 5.32 Å². The van der Waals surface area contributed by atoms with E-state index in [0.29, 0.717) is 12.8 Å². The van der Waals surface area contributed by atoms with E-state index in [4.69, 9.17) is 5.73 Å². The number of amides is 2. The molecule has 0 fully saturated rings. The Morgan fingerprint density at radius 1 is 1.42 bits per heavy atom. The molecule has 0 aromatic rings. The second-order valence-corrected chi connectivity index (χ2v) is 2.66. The monoisotopic (exact) mass is 172 g/mol. The maximum absolute atomic E-state index is 10.9. The van der Waals surface area contributed by atoms with Crippen molar-refractivity contribution in [2.24, 2.45) is 5.73 Å². The Morgan fingerprint density at radius 3 is 2.33 bits per heavy atom. The molecule has 0 saturated carbocycles. The third-order valence-corrected chi connectivity index (χ3v) is 1.58. The maximum Gasteiger partial charge on any atom is 0.239 e. The summed E-state index contributed by atoms with van der Waals surface area (Å²) in [5.41, 5.74) is 5.07. The van der Waals surface area contributed by atoms with Crippen LogP contribution in [0.2, 0.25) is 0 Å². The lowest BCUT2D eigenvalue weighted by Gasteiger charge is -2.13. The molecule has 4 heteroatoms. The minimum Gasteiger partial charge on any atom is -0.368 e. The Labute approximate surface area is 72.5 Å². The number of nitrogens with one attached hydrogen (secondary N) is 1. The van der Waals surface area contributed by atoms with Gasteiger partial charge in [0.15, 0.2) is 0 Å². The van der Waals surface area contributed by atoms with E-state index in [0.717, 1.165) is 6.42 Å². The van der Waals surface area contributed by atoms with Crippen molar-refractivity contribution in [3.8, 4) is 0 Å². The number of rotatable bonds is 5. The lowest BCUT2D eigenvalue weighted by atomic mass is 10.1. The van der Waals surface area contributed by atoms with Crippen LogP contribution in [-0.2, 0) is 9.59 Å². The Morgan fingerprint density at radius 2 is 2.00 bits per heavy atom. The van der Waals surface area contributed by atoms with Crippen molar-refractivity contribution in [2.45, 2.75) is 39.2 Å². The second-order valence-electron chi connectivity index (χ2n) is 2.66. The van der Waals surface area contributed by atoms with Crippen molar-refractivity contribution < 1.29 is 9.59 Å². The minimum atomic E-state index is -0.498. The molecular formula is C8H16N2O2. The molecule has 3 N–H and O–H groups in total. The first-order chi connectivity index (χ1) is 5.61. The SMILES string of the molecule is CCCC(NC(=O)CC)C(N)=O. The molecule has 0 aromatic heterocycles. The zero-order valence-electron chi connectivity index (χ0n) is 7.59. The van der Waals surface area contributed by atoms with E-state index in [1.807, 2.05) is 6.92 Å². The summed E-state index contributed by atoms with van der Waals surface area (Å²) < 4.78 is 0. The van der Waals surface area contributed by atoms with Crippen molar-refractivity contribution in [2.75, 3.05) is 0 Å². The molecule has 0 aliphatic heterocycles. The van der Waals surface area contributed by atoms with Gasteiger partial charge in [-0.1, -0.05) is 20.3 Å². The number of hydrogen-bond acceptors (Lipinski definition) is 2. The molecule has 12 heavy (non-hydrogen) atoms. The van der Waals surface area contributed by atoms with E-state index in [1.54, 1.807) is 6.92 Å². The van der Waals surface area contributed by atoms with Crippen LogP contribution in [0.25, 0.3) is 0 Å². The van der Waals surface area contributed by atoms with E-state index in [2.05, 4.69) is 5.32 Å². The third kappa shape index (κ3) is 3.95. The van der Waals surface area contributed by atoms with Crippen LogP contribution < -0.4 is 11.1 Å². The molecule has 0 rings (SSSR count). The van der Waals surface area contributed by atoms with Crippen molar-refractivity contribution in [3.05, 3.63) is 0 Å². The molecule has 1 atom stereocenters. The Hall–Kier alpha value is -1.06. The van der Waals surface area contributed by atoms with Crippen LogP contribution in [0.3, 0.4) is 0 Å². The average molecular weight is 172 g/mol. The molecule has 2 amide bonds. The summed E-state index contributed by atoms with van der Waals surface area (Å²) in [5.74, 6) is -0.592. The minimum absolute atomic E-state index is 0.132. The predicted molar refractivity (Wildman–Crippen MR) is 46.3 cm³/mol. The molecule has 0 bridgehead atoms. The highest BCUT2D eigenvalue weighted by atomic mass is 16.2. The molecule has 0 aliphatic rings. The number of carbonyl (C=O) groups is 2. The first-order valence-corrected chi connectivity index (χ1v) is 4.20. The molecule has 0 heterocycles. The van der Waals surface area contributed by atoms with Crippen LogP contribution in [0.15, 0.2) is 0 Å². The average Bonchev–Trinajstić information content (AvgIpc) is 2.03. The molecule has 0 spiro atoms. The van der Waals surface area contributed by atoms with Gasteiger partial charge in [0, 0.05) is 6.42 Å². The fourth-order valence-electron chi connectivity index (χ4n) is 0.871. The molecule has 0 saturated heterocycles. The first-order valence-electron chi connectivity index (χ1n) is 4.20. The summed E-state index contributed by atoms with van der Waals surface area (Å²) in [6, 6.07) is -0.498. The molecule has 4 nitrogen and oxygen atoms in total. The van der Waals surface area contributed by atoms with Gasteiger partial charge in [0.05, 0.1) is 0 Å². The number of nitrogens with two attached hydrogens (primary N) is 1. The number of hydrogen-bond donors (Lipinski definition) is 2. The van der Waals surface area contributed by atoms with Gasteiger partial charge in [-0.3, -0.25) is 9.59 Å². The normalized spacial score (nSPS) is 12.2. The van der Waals surface area contributed by atoms with E-state index in [-0.39, 0.29) is 5.91 Å². The van der Waals surface area contributed by atoms with Gasteiger partial charge in [0.2, 0.25) is 11.8 Å².